The summed E-state index contributed by atoms with van der Waals surface area (Å²) in [4.78, 5) is 27.1. The number of fused-ring (bicyclic) bond motifs is 1. The van der Waals surface area contributed by atoms with Crippen LogP contribution in [0.25, 0.3) is 0 Å². The molecular weight excluding hydrogens is 395 g/mol. The van der Waals surface area contributed by atoms with Gasteiger partial charge in [0.2, 0.25) is 11.8 Å². The van der Waals surface area contributed by atoms with Crippen molar-refractivity contribution in [2.75, 3.05) is 28.6 Å². The molecule has 2 N–H and O–H groups in total. The summed E-state index contributed by atoms with van der Waals surface area (Å²) in [6.45, 7) is 1.45. The predicted octanol–water partition coefficient (Wildman–Crippen LogP) is 4.76. The van der Waals surface area contributed by atoms with Gasteiger partial charge in [-0.3, -0.25) is 9.59 Å². The zero-order valence-corrected chi connectivity index (χ0v) is 16.3. The Balaban J connectivity index is 1.67. The van der Waals surface area contributed by atoms with Crippen molar-refractivity contribution in [1.29, 1.82) is 0 Å². The highest BCUT2D eigenvalue weighted by molar-refractivity contribution is 6.06. The molecule has 158 valence electrons. The summed E-state index contributed by atoms with van der Waals surface area (Å²) in [5.74, 6) is -1.55. The van der Waals surface area contributed by atoms with Crippen LogP contribution in [0.5, 0.6) is 0 Å². The van der Waals surface area contributed by atoms with E-state index in [1.54, 1.807) is 24.3 Å². The lowest BCUT2D eigenvalue weighted by molar-refractivity contribution is -0.137. The fourth-order valence-corrected chi connectivity index (χ4v) is 4.09. The summed E-state index contributed by atoms with van der Waals surface area (Å²) in [5.41, 5.74) is 1.08. The van der Waals surface area contributed by atoms with Crippen molar-refractivity contribution < 1.29 is 22.8 Å². The Morgan fingerprint density at radius 3 is 2.53 bits per heavy atom. The molecule has 0 aromatic heterocycles. The van der Waals surface area contributed by atoms with E-state index in [1.807, 2.05) is 4.90 Å². The van der Waals surface area contributed by atoms with Gasteiger partial charge in [0.05, 0.1) is 22.9 Å². The van der Waals surface area contributed by atoms with Crippen LogP contribution in [0.1, 0.15) is 42.7 Å². The molecule has 1 saturated heterocycles. The number of nitrogens with zero attached hydrogens (tertiary/aromatic N) is 1. The Morgan fingerprint density at radius 2 is 1.80 bits per heavy atom. The van der Waals surface area contributed by atoms with Gasteiger partial charge < -0.3 is 15.5 Å². The van der Waals surface area contributed by atoms with E-state index < -0.39 is 23.6 Å². The summed E-state index contributed by atoms with van der Waals surface area (Å²) in [7, 11) is 0. The number of halogens is 3. The van der Waals surface area contributed by atoms with Gasteiger partial charge in [-0.2, -0.15) is 13.2 Å². The molecule has 0 bridgehead atoms. The van der Waals surface area contributed by atoms with Crippen LogP contribution in [0.2, 0.25) is 0 Å². The number of rotatable bonds is 3. The molecule has 0 aliphatic carbocycles. The SMILES string of the molecule is O=C1CC(C(=O)Nc2cc(C(F)(F)F)ccc2N2CCCCC2)c2ccccc2N1. The van der Waals surface area contributed by atoms with Crippen LogP contribution in [0.4, 0.5) is 30.2 Å². The molecule has 4 rings (SSSR count). The second kappa shape index (κ2) is 8.01. The number of piperidine rings is 1. The van der Waals surface area contributed by atoms with Crippen LogP contribution in [0, 0.1) is 0 Å². The molecule has 5 nitrogen and oxygen atoms in total. The number of carbonyl (C=O) groups is 2. The van der Waals surface area contributed by atoms with Crippen LogP contribution < -0.4 is 15.5 Å². The van der Waals surface area contributed by atoms with E-state index in [1.165, 1.54) is 6.07 Å². The van der Waals surface area contributed by atoms with Gasteiger partial charge in [-0.15, -0.1) is 0 Å². The van der Waals surface area contributed by atoms with E-state index in [-0.39, 0.29) is 18.0 Å². The van der Waals surface area contributed by atoms with Crippen molar-refractivity contribution in [3.63, 3.8) is 0 Å². The highest BCUT2D eigenvalue weighted by Crippen LogP contribution is 2.38. The quantitative estimate of drug-likeness (QED) is 0.757. The second-order valence-corrected chi connectivity index (χ2v) is 7.66. The van der Waals surface area contributed by atoms with Crippen molar-refractivity contribution in [1.82, 2.24) is 0 Å². The van der Waals surface area contributed by atoms with E-state index in [2.05, 4.69) is 10.6 Å². The first-order valence-corrected chi connectivity index (χ1v) is 9.99. The number of nitrogens with one attached hydrogen (secondary N) is 2. The molecule has 0 spiro atoms. The fraction of sp³-hybridized carbons (Fsp3) is 0.364. The first kappa shape index (κ1) is 20.3. The largest absolute Gasteiger partial charge is 0.416 e. The minimum absolute atomic E-state index is 0.0547. The highest BCUT2D eigenvalue weighted by Gasteiger charge is 2.34. The molecule has 8 heteroatoms. The molecule has 1 atom stereocenters. The fourth-order valence-electron chi connectivity index (χ4n) is 4.09. The maximum absolute atomic E-state index is 13.3. The Labute approximate surface area is 172 Å². The normalized spacial score (nSPS) is 19.1. The minimum atomic E-state index is -4.52. The molecule has 1 unspecified atom stereocenters. The Morgan fingerprint density at radius 1 is 1.07 bits per heavy atom. The molecule has 2 heterocycles. The van der Waals surface area contributed by atoms with Gasteiger partial charge in [0, 0.05) is 25.2 Å². The van der Waals surface area contributed by atoms with Crippen LogP contribution in [0.3, 0.4) is 0 Å². The molecule has 0 radical (unpaired) electrons. The third-order valence-electron chi connectivity index (χ3n) is 5.59. The maximum atomic E-state index is 13.3. The van der Waals surface area contributed by atoms with Gasteiger partial charge in [0.1, 0.15) is 0 Å². The van der Waals surface area contributed by atoms with E-state index in [4.69, 9.17) is 0 Å². The summed E-state index contributed by atoms with van der Waals surface area (Å²) in [6.07, 6.45) is -1.60. The van der Waals surface area contributed by atoms with E-state index in [9.17, 15) is 22.8 Å². The Kier molecular flexibility index (Phi) is 5.40. The van der Waals surface area contributed by atoms with E-state index >= 15 is 0 Å². The van der Waals surface area contributed by atoms with Gasteiger partial charge in [-0.1, -0.05) is 18.2 Å². The average molecular weight is 417 g/mol. The number of carbonyl (C=O) groups excluding carboxylic acids is 2. The molecular formula is C22H22F3N3O2. The number of amides is 2. The third kappa shape index (κ3) is 4.13. The lowest BCUT2D eigenvalue weighted by Crippen LogP contribution is -2.33. The molecule has 1 fully saturated rings. The molecule has 2 aliphatic rings. The molecule has 2 aromatic rings. The zero-order chi connectivity index (χ0) is 21.3. The van der Waals surface area contributed by atoms with Crippen LogP contribution in [0.15, 0.2) is 42.5 Å². The molecule has 2 aromatic carbocycles. The van der Waals surface area contributed by atoms with Crippen molar-refractivity contribution in [3.8, 4) is 0 Å². The molecule has 0 saturated carbocycles. The van der Waals surface area contributed by atoms with Gasteiger partial charge in [0.15, 0.2) is 0 Å². The topological polar surface area (TPSA) is 61.4 Å². The number of anilines is 3. The zero-order valence-electron chi connectivity index (χ0n) is 16.3. The second-order valence-electron chi connectivity index (χ2n) is 7.66. The van der Waals surface area contributed by atoms with Crippen LogP contribution in [-0.2, 0) is 15.8 Å². The van der Waals surface area contributed by atoms with Crippen molar-refractivity contribution >= 4 is 28.9 Å². The molecule has 2 aliphatic heterocycles. The van der Waals surface area contributed by atoms with E-state index in [0.717, 1.165) is 44.5 Å². The van der Waals surface area contributed by atoms with Gasteiger partial charge in [-0.05, 0) is 49.1 Å². The summed E-state index contributed by atoms with van der Waals surface area (Å²) >= 11 is 0. The predicted molar refractivity (Wildman–Crippen MR) is 109 cm³/mol. The van der Waals surface area contributed by atoms with Crippen LogP contribution >= 0.6 is 0 Å². The number of hydrogen-bond acceptors (Lipinski definition) is 3. The Hall–Kier alpha value is -3.03. The van der Waals surface area contributed by atoms with Gasteiger partial charge in [0.25, 0.3) is 0 Å². The monoisotopic (exact) mass is 417 g/mol. The lowest BCUT2D eigenvalue weighted by atomic mass is 9.89. The number of hydrogen-bond donors (Lipinski definition) is 2. The maximum Gasteiger partial charge on any atom is 0.416 e. The number of alkyl halides is 3. The number of para-hydroxylation sites is 1. The summed E-state index contributed by atoms with van der Waals surface area (Å²) in [5, 5.41) is 5.42. The van der Waals surface area contributed by atoms with Crippen LogP contribution in [-0.4, -0.2) is 24.9 Å². The molecule has 30 heavy (non-hydrogen) atoms. The smallest absolute Gasteiger partial charge is 0.370 e. The third-order valence-corrected chi connectivity index (χ3v) is 5.59. The van der Waals surface area contributed by atoms with Crippen molar-refractivity contribution in [2.24, 2.45) is 0 Å². The van der Waals surface area contributed by atoms with Gasteiger partial charge in [-0.25, -0.2) is 0 Å². The minimum Gasteiger partial charge on any atom is -0.370 e. The molecule has 2 amide bonds. The summed E-state index contributed by atoms with van der Waals surface area (Å²) in [6, 6.07) is 10.4. The van der Waals surface area contributed by atoms with E-state index in [0.29, 0.717) is 16.9 Å². The van der Waals surface area contributed by atoms with Crippen molar-refractivity contribution in [2.45, 2.75) is 37.8 Å². The highest BCUT2D eigenvalue weighted by atomic mass is 19.4. The van der Waals surface area contributed by atoms with Crippen molar-refractivity contribution in [3.05, 3.63) is 53.6 Å². The standard InChI is InChI=1S/C22H22F3N3O2/c23-22(24,25)14-8-9-19(28-10-4-1-5-11-28)18(12-14)27-21(30)16-13-20(29)26-17-7-3-2-6-15(16)17/h2-3,6-9,12,16H,1,4-5,10-11,13H2,(H,26,29)(H,27,30). The average Bonchev–Trinajstić information content (AvgIpc) is 2.73. The van der Waals surface area contributed by atoms with Gasteiger partial charge >= 0.3 is 6.18 Å². The first-order chi connectivity index (χ1) is 14.3. The lowest BCUT2D eigenvalue weighted by Gasteiger charge is -2.31. The first-order valence-electron chi connectivity index (χ1n) is 9.99. The number of benzene rings is 2. The Bertz CT molecular complexity index is 968. The summed E-state index contributed by atoms with van der Waals surface area (Å²) < 4.78 is 39.9.